The molecule has 0 radical (unpaired) electrons. The molecule has 3 heteroatoms. The number of benzene rings is 3. The van der Waals surface area contributed by atoms with E-state index in [0.717, 1.165) is 17.9 Å². The van der Waals surface area contributed by atoms with Gasteiger partial charge in [0, 0.05) is 5.56 Å². The summed E-state index contributed by atoms with van der Waals surface area (Å²) in [5.41, 5.74) is 1.13. The molecule has 0 fully saturated rings. The molecule has 0 saturated carbocycles. The van der Waals surface area contributed by atoms with E-state index >= 15 is 0 Å². The van der Waals surface area contributed by atoms with Crippen LogP contribution in [0.4, 0.5) is 0 Å². The molecule has 0 aliphatic carbocycles. The molecule has 4 rings (SSSR count). The van der Waals surface area contributed by atoms with Crippen LogP contribution in [-0.4, -0.2) is 18.5 Å². The van der Waals surface area contributed by atoms with Crippen molar-refractivity contribution in [2.24, 2.45) is 10.9 Å². The van der Waals surface area contributed by atoms with Gasteiger partial charge in [-0.15, -0.1) is 0 Å². The molecular formula is C25H26NOP. The third kappa shape index (κ3) is 3.88. The van der Waals surface area contributed by atoms with Crippen molar-refractivity contribution >= 4 is 29.7 Å². The molecule has 28 heavy (non-hydrogen) atoms. The van der Waals surface area contributed by atoms with E-state index in [2.05, 4.69) is 98.8 Å². The van der Waals surface area contributed by atoms with E-state index in [1.165, 1.54) is 15.9 Å². The average molecular weight is 387 g/mol. The van der Waals surface area contributed by atoms with Crippen LogP contribution in [0.5, 0.6) is 0 Å². The van der Waals surface area contributed by atoms with Gasteiger partial charge < -0.3 is 4.74 Å². The molecule has 142 valence electrons. The largest absolute Gasteiger partial charge is 0.475 e. The zero-order valence-electron chi connectivity index (χ0n) is 16.5. The van der Waals surface area contributed by atoms with E-state index in [1.54, 1.807) is 0 Å². The summed E-state index contributed by atoms with van der Waals surface area (Å²) >= 11 is 0. The zero-order valence-corrected chi connectivity index (χ0v) is 17.3. The Hall–Kier alpha value is -2.44. The van der Waals surface area contributed by atoms with E-state index < -0.39 is 7.92 Å². The van der Waals surface area contributed by atoms with Crippen LogP contribution in [0.1, 0.15) is 25.8 Å². The maximum absolute atomic E-state index is 6.10. The van der Waals surface area contributed by atoms with Crippen molar-refractivity contribution in [2.75, 3.05) is 6.61 Å². The van der Waals surface area contributed by atoms with Crippen molar-refractivity contribution in [3.05, 3.63) is 90.5 Å². The Morgan fingerprint density at radius 1 is 0.893 bits per heavy atom. The summed E-state index contributed by atoms with van der Waals surface area (Å²) in [6.07, 6.45) is 1.12. The molecular weight excluding hydrogens is 361 g/mol. The minimum Gasteiger partial charge on any atom is -0.475 e. The highest BCUT2D eigenvalue weighted by Crippen LogP contribution is 2.35. The van der Waals surface area contributed by atoms with Gasteiger partial charge in [0.1, 0.15) is 6.61 Å². The van der Waals surface area contributed by atoms with Crippen molar-refractivity contribution in [3.8, 4) is 0 Å². The average Bonchev–Trinajstić information content (AvgIpc) is 3.25. The second-order valence-electron chi connectivity index (χ2n) is 7.22. The van der Waals surface area contributed by atoms with Gasteiger partial charge >= 0.3 is 0 Å². The van der Waals surface area contributed by atoms with E-state index in [1.807, 2.05) is 0 Å². The van der Waals surface area contributed by atoms with Crippen LogP contribution in [-0.2, 0) is 4.74 Å². The first kappa shape index (κ1) is 18.9. The second kappa shape index (κ2) is 8.71. The summed E-state index contributed by atoms with van der Waals surface area (Å²) < 4.78 is 6.10. The predicted octanol–water partition coefficient (Wildman–Crippen LogP) is 4.64. The van der Waals surface area contributed by atoms with Gasteiger partial charge in [-0.1, -0.05) is 99.1 Å². The predicted molar refractivity (Wildman–Crippen MR) is 121 cm³/mol. The molecule has 3 aromatic carbocycles. The summed E-state index contributed by atoms with van der Waals surface area (Å²) in [5, 5.41) is 3.99. The Balaban J connectivity index is 1.81. The summed E-state index contributed by atoms with van der Waals surface area (Å²) in [7, 11) is -0.677. The van der Waals surface area contributed by atoms with Gasteiger partial charge in [-0.2, -0.15) is 0 Å². The maximum atomic E-state index is 6.10. The molecule has 0 spiro atoms. The van der Waals surface area contributed by atoms with Gasteiger partial charge in [-0.3, -0.25) is 0 Å². The van der Waals surface area contributed by atoms with Crippen molar-refractivity contribution in [2.45, 2.75) is 26.3 Å². The molecule has 0 aromatic heterocycles. The fourth-order valence-electron chi connectivity index (χ4n) is 3.53. The van der Waals surface area contributed by atoms with Crippen LogP contribution >= 0.6 is 7.92 Å². The molecule has 0 N–H and O–H groups in total. The molecule has 1 heterocycles. The third-order valence-electron chi connectivity index (χ3n) is 5.38. The molecule has 0 saturated heterocycles. The second-order valence-corrected chi connectivity index (χ2v) is 9.41. The van der Waals surface area contributed by atoms with Crippen LogP contribution in [0.15, 0.2) is 89.9 Å². The number of ether oxygens (including phenoxy) is 1. The minimum absolute atomic E-state index is 0.257. The van der Waals surface area contributed by atoms with Crippen molar-refractivity contribution in [1.29, 1.82) is 0 Å². The molecule has 1 aliphatic heterocycles. The first-order valence-electron chi connectivity index (χ1n) is 9.98. The molecule has 2 unspecified atom stereocenters. The highest BCUT2D eigenvalue weighted by atomic mass is 31.1. The first-order chi connectivity index (χ1) is 13.8. The van der Waals surface area contributed by atoms with Gasteiger partial charge in [0.2, 0.25) is 5.90 Å². The lowest BCUT2D eigenvalue weighted by Gasteiger charge is -2.22. The zero-order chi connectivity index (χ0) is 19.3. The Labute approximate surface area is 169 Å². The quantitative estimate of drug-likeness (QED) is 0.565. The Morgan fingerprint density at radius 2 is 1.46 bits per heavy atom. The number of hydrogen-bond acceptors (Lipinski definition) is 2. The maximum Gasteiger partial charge on any atom is 0.217 e. The Kier molecular flexibility index (Phi) is 5.88. The number of aliphatic imine (C=N–C) groups is 1. The van der Waals surface area contributed by atoms with E-state index in [0.29, 0.717) is 12.5 Å². The normalized spacial score (nSPS) is 17.2. The summed E-state index contributed by atoms with van der Waals surface area (Å²) in [6.45, 7) is 5.16. The van der Waals surface area contributed by atoms with Gasteiger partial charge in [-0.25, -0.2) is 4.99 Å². The molecule has 1 aliphatic rings. The standard InChI is InChI=1S/C25H26NOP/c1-3-19(2)23-18-27-25(26-23)22-16-10-11-17-24(22)28(20-12-6-4-7-13-20)21-14-8-5-9-15-21/h4-17,19,23H,3,18H2,1-2H3. The van der Waals surface area contributed by atoms with E-state index in [-0.39, 0.29) is 6.04 Å². The molecule has 0 bridgehead atoms. The van der Waals surface area contributed by atoms with E-state index in [9.17, 15) is 0 Å². The molecule has 2 nitrogen and oxygen atoms in total. The van der Waals surface area contributed by atoms with Gasteiger partial charge in [0.05, 0.1) is 6.04 Å². The highest BCUT2D eigenvalue weighted by molar-refractivity contribution is 7.80. The van der Waals surface area contributed by atoms with Gasteiger partial charge in [-0.05, 0) is 35.8 Å². The fraction of sp³-hybridized carbons (Fsp3) is 0.240. The van der Waals surface area contributed by atoms with Crippen LogP contribution in [0, 0.1) is 5.92 Å². The van der Waals surface area contributed by atoms with Gasteiger partial charge in [0.15, 0.2) is 0 Å². The van der Waals surface area contributed by atoms with Crippen LogP contribution in [0.2, 0.25) is 0 Å². The lowest BCUT2D eigenvalue weighted by Crippen LogP contribution is -2.25. The monoisotopic (exact) mass is 387 g/mol. The lowest BCUT2D eigenvalue weighted by atomic mass is 10.0. The summed E-state index contributed by atoms with van der Waals surface area (Å²) in [6, 6.07) is 30.4. The van der Waals surface area contributed by atoms with Crippen molar-refractivity contribution in [1.82, 2.24) is 0 Å². The number of rotatable bonds is 6. The Bertz CT molecular complexity index is 900. The molecule has 3 aromatic rings. The minimum atomic E-state index is -0.677. The van der Waals surface area contributed by atoms with Crippen molar-refractivity contribution < 1.29 is 4.74 Å². The third-order valence-corrected chi connectivity index (χ3v) is 7.88. The molecule has 2 atom stereocenters. The fourth-order valence-corrected chi connectivity index (χ4v) is 5.97. The molecule has 0 amide bonds. The first-order valence-corrected chi connectivity index (χ1v) is 11.3. The smallest absolute Gasteiger partial charge is 0.217 e. The SMILES string of the molecule is CCC(C)C1COC(c2ccccc2P(c2ccccc2)c2ccccc2)=N1. The number of nitrogens with zero attached hydrogens (tertiary/aromatic N) is 1. The van der Waals surface area contributed by atoms with Crippen LogP contribution in [0.25, 0.3) is 0 Å². The number of hydrogen-bond donors (Lipinski definition) is 0. The highest BCUT2D eigenvalue weighted by Gasteiger charge is 2.28. The topological polar surface area (TPSA) is 21.6 Å². The van der Waals surface area contributed by atoms with Crippen molar-refractivity contribution in [3.63, 3.8) is 0 Å². The van der Waals surface area contributed by atoms with Gasteiger partial charge in [0.25, 0.3) is 0 Å². The Morgan fingerprint density at radius 3 is 2.07 bits per heavy atom. The van der Waals surface area contributed by atoms with Crippen LogP contribution < -0.4 is 15.9 Å². The summed E-state index contributed by atoms with van der Waals surface area (Å²) in [5.74, 6) is 1.34. The van der Waals surface area contributed by atoms with E-state index in [4.69, 9.17) is 9.73 Å². The lowest BCUT2D eigenvalue weighted by molar-refractivity contribution is 0.282. The summed E-state index contributed by atoms with van der Waals surface area (Å²) in [4.78, 5) is 4.96. The van der Waals surface area contributed by atoms with Crippen LogP contribution in [0.3, 0.4) is 0 Å².